The highest BCUT2D eigenvalue weighted by Crippen LogP contribution is 2.41. The molecule has 0 bridgehead atoms. The zero-order valence-corrected chi connectivity index (χ0v) is 24.3. The van der Waals surface area contributed by atoms with Gasteiger partial charge in [0.15, 0.2) is 0 Å². The topological polar surface area (TPSA) is 115 Å². The minimum absolute atomic E-state index is 0.0561. The second-order valence-corrected chi connectivity index (χ2v) is 11.0. The normalized spacial score (nSPS) is 14.6. The summed E-state index contributed by atoms with van der Waals surface area (Å²) >= 11 is 6.52. The van der Waals surface area contributed by atoms with E-state index in [9.17, 15) is 18.3 Å². The number of rotatable bonds is 9. The predicted octanol–water partition coefficient (Wildman–Crippen LogP) is 6.36. The number of hydrogen-bond donors (Lipinski definition) is 3. The van der Waals surface area contributed by atoms with Crippen molar-refractivity contribution in [2.24, 2.45) is 0 Å². The number of benzene rings is 3. The van der Waals surface area contributed by atoms with E-state index >= 15 is 0 Å². The maximum absolute atomic E-state index is 13.2. The quantitative estimate of drug-likeness (QED) is 0.185. The van der Waals surface area contributed by atoms with Crippen molar-refractivity contribution >= 4 is 39.7 Å². The number of aliphatic hydroxyl groups is 1. The van der Waals surface area contributed by atoms with Crippen molar-refractivity contribution in [3.8, 4) is 17.2 Å². The molecule has 1 saturated heterocycles. The summed E-state index contributed by atoms with van der Waals surface area (Å²) in [6.07, 6.45) is -3.15. The third-order valence-electron chi connectivity index (χ3n) is 6.91. The van der Waals surface area contributed by atoms with Gasteiger partial charge in [-0.2, -0.15) is 13.2 Å². The predicted molar refractivity (Wildman–Crippen MR) is 158 cm³/mol. The molecular weight excluding hydrogens is 587 g/mol. The van der Waals surface area contributed by atoms with Gasteiger partial charge in [0.2, 0.25) is 0 Å². The van der Waals surface area contributed by atoms with Crippen LogP contribution in [0.1, 0.15) is 25.0 Å². The Balaban J connectivity index is 1.41. The summed E-state index contributed by atoms with van der Waals surface area (Å²) in [5, 5.41) is 14.9. The molecule has 9 nitrogen and oxygen atoms in total. The van der Waals surface area contributed by atoms with Crippen LogP contribution in [0.3, 0.4) is 0 Å². The highest BCUT2D eigenvalue weighted by atomic mass is 35.5. The van der Waals surface area contributed by atoms with Gasteiger partial charge in [0.05, 0.1) is 40.6 Å². The van der Waals surface area contributed by atoms with Gasteiger partial charge < -0.3 is 30.4 Å². The Labute approximate surface area is 251 Å². The summed E-state index contributed by atoms with van der Waals surface area (Å²) < 4.78 is 56.6. The molecule has 2 heterocycles. The van der Waals surface area contributed by atoms with Gasteiger partial charge in [-0.3, -0.25) is 4.90 Å². The number of anilines is 3. The van der Waals surface area contributed by atoms with Crippen molar-refractivity contribution in [2.45, 2.75) is 25.6 Å². The number of nitrogens with zero attached hydrogens (tertiary/aromatic N) is 3. The van der Waals surface area contributed by atoms with E-state index in [4.69, 9.17) is 31.5 Å². The van der Waals surface area contributed by atoms with Crippen LogP contribution in [0, 0.1) is 0 Å². The number of morpholine rings is 1. The molecule has 0 radical (unpaired) electrons. The lowest BCUT2D eigenvalue weighted by atomic mass is 9.96. The van der Waals surface area contributed by atoms with Crippen LogP contribution < -0.4 is 20.5 Å². The zero-order valence-electron chi connectivity index (χ0n) is 23.5. The molecule has 4 aromatic rings. The van der Waals surface area contributed by atoms with Crippen molar-refractivity contribution in [3.63, 3.8) is 0 Å². The third kappa shape index (κ3) is 7.39. The molecule has 1 aromatic heterocycles. The van der Waals surface area contributed by atoms with Gasteiger partial charge in [-0.1, -0.05) is 17.7 Å². The molecule has 0 saturated carbocycles. The number of hydrogen-bond acceptors (Lipinski definition) is 9. The summed E-state index contributed by atoms with van der Waals surface area (Å²) in [4.78, 5) is 11.0. The van der Waals surface area contributed by atoms with Crippen LogP contribution in [-0.4, -0.2) is 59.4 Å². The Hall–Kier alpha value is -3.84. The van der Waals surface area contributed by atoms with E-state index in [0.29, 0.717) is 59.2 Å². The summed E-state index contributed by atoms with van der Waals surface area (Å²) in [5.41, 5.74) is 5.81. The summed E-state index contributed by atoms with van der Waals surface area (Å²) in [6.45, 7) is 7.44. The van der Waals surface area contributed by atoms with Crippen molar-refractivity contribution < 1.29 is 32.5 Å². The number of ether oxygens (including phenoxy) is 3. The van der Waals surface area contributed by atoms with E-state index < -0.39 is 17.3 Å². The smallest absolute Gasteiger partial charge is 0.416 e. The van der Waals surface area contributed by atoms with Crippen LogP contribution in [0.15, 0.2) is 54.9 Å². The third-order valence-corrected chi connectivity index (χ3v) is 7.20. The van der Waals surface area contributed by atoms with Gasteiger partial charge in [-0.25, -0.2) is 9.97 Å². The fourth-order valence-corrected chi connectivity index (χ4v) is 4.87. The lowest BCUT2D eigenvalue weighted by Crippen LogP contribution is -2.38. The van der Waals surface area contributed by atoms with E-state index in [-0.39, 0.29) is 16.5 Å². The van der Waals surface area contributed by atoms with Crippen molar-refractivity contribution in [2.75, 3.05) is 50.5 Å². The van der Waals surface area contributed by atoms with Crippen LogP contribution in [0.4, 0.5) is 30.4 Å². The molecule has 0 unspecified atom stereocenters. The maximum atomic E-state index is 13.2. The van der Waals surface area contributed by atoms with Gasteiger partial charge >= 0.3 is 6.18 Å². The molecule has 0 amide bonds. The average molecular weight is 618 g/mol. The first-order valence-electron chi connectivity index (χ1n) is 13.5. The SMILES string of the molecule is CC(C)(O)c1cc(Oc2cccc(C(F)(F)F)c2)c(Cl)cc1Nc1ncnc2cc(OCCN3CCOCC3)c(N)cc12. The molecule has 43 heavy (non-hydrogen) atoms. The number of fused-ring (bicyclic) bond motifs is 1. The lowest BCUT2D eigenvalue weighted by molar-refractivity contribution is -0.137. The number of nitrogens with two attached hydrogens (primary N) is 1. The highest BCUT2D eigenvalue weighted by Gasteiger charge is 2.31. The standard InChI is InChI=1S/C30H31ClF3N5O4/c1-29(2,40)21-14-26(43-19-5-3-4-18(12-19)30(32,33)34)22(31)15-25(21)38-28-20-13-23(35)27(16-24(20)36-17-37-28)42-11-8-39-6-9-41-10-7-39/h3-5,12-17,40H,6-11,35H2,1-2H3,(H,36,37,38). The molecule has 0 aliphatic carbocycles. The van der Waals surface area contributed by atoms with Crippen LogP contribution >= 0.6 is 11.6 Å². The molecular formula is C30H31ClF3N5O4. The Morgan fingerprint density at radius 2 is 1.84 bits per heavy atom. The van der Waals surface area contributed by atoms with Crippen LogP contribution in [0.5, 0.6) is 17.2 Å². The van der Waals surface area contributed by atoms with E-state index in [1.165, 1.54) is 30.6 Å². The highest BCUT2D eigenvalue weighted by molar-refractivity contribution is 6.32. The first-order valence-corrected chi connectivity index (χ1v) is 13.9. The first kappa shape index (κ1) is 30.6. The first-order chi connectivity index (χ1) is 20.4. The van der Waals surface area contributed by atoms with Crippen molar-refractivity contribution in [1.82, 2.24) is 14.9 Å². The number of alkyl halides is 3. The van der Waals surface area contributed by atoms with Gasteiger partial charge in [0.25, 0.3) is 0 Å². The number of nitrogen functional groups attached to an aromatic ring is 1. The van der Waals surface area contributed by atoms with E-state index in [1.54, 1.807) is 26.0 Å². The summed E-state index contributed by atoms with van der Waals surface area (Å²) in [6, 6.07) is 10.9. The molecule has 228 valence electrons. The molecule has 0 spiro atoms. The van der Waals surface area contributed by atoms with Crippen molar-refractivity contribution in [3.05, 3.63) is 71.0 Å². The average Bonchev–Trinajstić information content (AvgIpc) is 2.95. The van der Waals surface area contributed by atoms with Gasteiger partial charge in [-0.15, -0.1) is 0 Å². The second-order valence-electron chi connectivity index (χ2n) is 10.6. The zero-order chi connectivity index (χ0) is 30.8. The van der Waals surface area contributed by atoms with Gasteiger partial charge in [0, 0.05) is 42.3 Å². The minimum atomic E-state index is -4.53. The van der Waals surface area contributed by atoms with E-state index in [2.05, 4.69) is 20.2 Å². The molecule has 4 N–H and O–H groups in total. The molecule has 13 heteroatoms. The van der Waals surface area contributed by atoms with Gasteiger partial charge in [-0.05, 0) is 50.2 Å². The fraction of sp³-hybridized carbons (Fsp3) is 0.333. The molecule has 0 atom stereocenters. The number of nitrogens with one attached hydrogen (secondary N) is 1. The van der Waals surface area contributed by atoms with Gasteiger partial charge in [0.1, 0.15) is 36.0 Å². The monoisotopic (exact) mass is 617 g/mol. The lowest BCUT2D eigenvalue weighted by Gasteiger charge is -2.26. The van der Waals surface area contributed by atoms with Crippen LogP contribution in [0.2, 0.25) is 5.02 Å². The maximum Gasteiger partial charge on any atom is 0.416 e. The molecule has 3 aromatic carbocycles. The Morgan fingerprint density at radius 3 is 2.56 bits per heavy atom. The Morgan fingerprint density at radius 1 is 1.07 bits per heavy atom. The summed E-state index contributed by atoms with van der Waals surface area (Å²) in [7, 11) is 0. The second kappa shape index (κ2) is 12.4. The molecule has 1 fully saturated rings. The van der Waals surface area contributed by atoms with Crippen LogP contribution in [-0.2, 0) is 16.5 Å². The molecule has 1 aliphatic rings. The molecule has 5 rings (SSSR count). The summed E-state index contributed by atoms with van der Waals surface area (Å²) in [5.74, 6) is 0.908. The van der Waals surface area contributed by atoms with Crippen molar-refractivity contribution in [1.29, 1.82) is 0 Å². The Bertz CT molecular complexity index is 1610. The van der Waals surface area contributed by atoms with E-state index in [0.717, 1.165) is 31.8 Å². The number of halogens is 4. The van der Waals surface area contributed by atoms with E-state index in [1.807, 2.05) is 0 Å². The fourth-order valence-electron chi connectivity index (χ4n) is 4.67. The molecule has 1 aliphatic heterocycles. The minimum Gasteiger partial charge on any atom is -0.490 e. The van der Waals surface area contributed by atoms with Crippen LogP contribution in [0.25, 0.3) is 10.9 Å². The number of aromatic nitrogens is 2. The Kier molecular flexibility index (Phi) is 8.84. The largest absolute Gasteiger partial charge is 0.490 e.